The second-order valence-corrected chi connectivity index (χ2v) is 6.92. The SMILES string of the molecule is CCCCCCCCCCCCC(=O)Oc1cc(OC(F)(F)F)ccc1C(=O)O. The molecule has 5 nitrogen and oxygen atoms in total. The average molecular weight is 418 g/mol. The fraction of sp³-hybridized carbons (Fsp3) is 0.619. The van der Waals surface area contributed by atoms with Gasteiger partial charge in [0.25, 0.3) is 0 Å². The molecule has 0 radical (unpaired) electrons. The molecule has 0 bridgehead atoms. The molecule has 1 aromatic carbocycles. The van der Waals surface area contributed by atoms with Gasteiger partial charge in [-0.2, -0.15) is 0 Å². The van der Waals surface area contributed by atoms with Crippen molar-refractivity contribution < 1.29 is 37.3 Å². The number of carbonyl (C=O) groups is 2. The van der Waals surface area contributed by atoms with Crippen molar-refractivity contribution in [2.24, 2.45) is 0 Å². The summed E-state index contributed by atoms with van der Waals surface area (Å²) >= 11 is 0. The number of alkyl halides is 3. The summed E-state index contributed by atoms with van der Waals surface area (Å²) in [5.41, 5.74) is -0.407. The van der Waals surface area contributed by atoms with Crippen LogP contribution >= 0.6 is 0 Å². The molecular formula is C21H29F3O5. The van der Waals surface area contributed by atoms with E-state index in [9.17, 15) is 22.8 Å². The maximum Gasteiger partial charge on any atom is 0.573 e. The summed E-state index contributed by atoms with van der Waals surface area (Å²) in [7, 11) is 0. The summed E-state index contributed by atoms with van der Waals surface area (Å²) in [6, 6.07) is 2.52. The average Bonchev–Trinajstić information content (AvgIpc) is 2.62. The van der Waals surface area contributed by atoms with Gasteiger partial charge in [-0.3, -0.25) is 4.79 Å². The predicted molar refractivity (Wildman–Crippen MR) is 102 cm³/mol. The fourth-order valence-electron chi connectivity index (χ4n) is 2.89. The number of aromatic carboxylic acids is 1. The Hall–Kier alpha value is -2.25. The van der Waals surface area contributed by atoms with E-state index in [1.807, 2.05) is 0 Å². The number of unbranched alkanes of at least 4 members (excludes halogenated alkanes) is 9. The molecule has 164 valence electrons. The molecule has 0 heterocycles. The summed E-state index contributed by atoms with van der Waals surface area (Å²) in [5.74, 6) is -3.21. The van der Waals surface area contributed by atoms with E-state index in [-0.39, 0.29) is 6.42 Å². The molecule has 8 heteroatoms. The third-order valence-electron chi connectivity index (χ3n) is 4.38. The van der Waals surface area contributed by atoms with Gasteiger partial charge in [0.1, 0.15) is 17.1 Å². The number of hydrogen-bond donors (Lipinski definition) is 1. The standard InChI is InChI=1S/C21H29F3O5/c1-2-3-4-5-6-7-8-9-10-11-12-19(25)28-18-15-16(29-21(22,23)24)13-14-17(18)20(26)27/h13-15H,2-12H2,1H3,(H,26,27). The van der Waals surface area contributed by atoms with E-state index >= 15 is 0 Å². The van der Waals surface area contributed by atoms with Gasteiger partial charge in [0.15, 0.2) is 0 Å². The summed E-state index contributed by atoms with van der Waals surface area (Å²) in [4.78, 5) is 23.1. The highest BCUT2D eigenvalue weighted by Crippen LogP contribution is 2.29. The number of carbonyl (C=O) groups excluding carboxylic acids is 1. The molecular weight excluding hydrogens is 389 g/mol. The van der Waals surface area contributed by atoms with Crippen LogP contribution in [0.25, 0.3) is 0 Å². The molecule has 0 saturated heterocycles. The van der Waals surface area contributed by atoms with E-state index in [1.54, 1.807) is 0 Å². The number of carboxylic acids is 1. The van der Waals surface area contributed by atoms with Gasteiger partial charge < -0.3 is 14.6 Å². The van der Waals surface area contributed by atoms with Gasteiger partial charge in [-0.15, -0.1) is 13.2 Å². The van der Waals surface area contributed by atoms with Crippen LogP contribution in [0, 0.1) is 0 Å². The zero-order valence-electron chi connectivity index (χ0n) is 16.7. The minimum absolute atomic E-state index is 0.0694. The quantitative estimate of drug-likeness (QED) is 0.212. The first-order valence-electron chi connectivity index (χ1n) is 10.1. The van der Waals surface area contributed by atoms with Crippen LogP contribution in [0.2, 0.25) is 0 Å². The Labute approximate surface area is 169 Å². The van der Waals surface area contributed by atoms with Crippen molar-refractivity contribution in [3.05, 3.63) is 23.8 Å². The Morgan fingerprint density at radius 1 is 0.931 bits per heavy atom. The third kappa shape index (κ3) is 11.4. The highest BCUT2D eigenvalue weighted by molar-refractivity contribution is 5.92. The van der Waals surface area contributed by atoms with E-state index in [0.717, 1.165) is 37.5 Å². The molecule has 0 unspecified atom stereocenters. The maximum atomic E-state index is 12.3. The fourth-order valence-corrected chi connectivity index (χ4v) is 2.89. The minimum Gasteiger partial charge on any atom is -0.478 e. The third-order valence-corrected chi connectivity index (χ3v) is 4.38. The van der Waals surface area contributed by atoms with Gasteiger partial charge in [0, 0.05) is 12.5 Å². The number of carboxylic acid groups (broad SMARTS) is 1. The van der Waals surface area contributed by atoms with E-state index in [1.165, 1.54) is 38.5 Å². The first-order valence-corrected chi connectivity index (χ1v) is 10.1. The molecule has 29 heavy (non-hydrogen) atoms. The molecule has 0 aliphatic heterocycles. The monoisotopic (exact) mass is 418 g/mol. The number of ether oxygens (including phenoxy) is 2. The van der Waals surface area contributed by atoms with Crippen molar-refractivity contribution in [3.63, 3.8) is 0 Å². The lowest BCUT2D eigenvalue weighted by Gasteiger charge is -2.12. The molecule has 1 N–H and O–H groups in total. The van der Waals surface area contributed by atoms with E-state index in [4.69, 9.17) is 9.84 Å². The Morgan fingerprint density at radius 2 is 1.48 bits per heavy atom. The maximum absolute atomic E-state index is 12.3. The summed E-state index contributed by atoms with van der Waals surface area (Å²) in [5, 5.41) is 9.11. The van der Waals surface area contributed by atoms with Crippen LogP contribution in [0.15, 0.2) is 18.2 Å². The first kappa shape index (κ1) is 24.8. The van der Waals surface area contributed by atoms with Crippen molar-refractivity contribution in [2.45, 2.75) is 83.9 Å². The molecule has 0 aromatic heterocycles. The van der Waals surface area contributed by atoms with E-state index < -0.39 is 35.4 Å². The van der Waals surface area contributed by atoms with Gasteiger partial charge in [0.05, 0.1) is 0 Å². The van der Waals surface area contributed by atoms with Crippen molar-refractivity contribution in [2.75, 3.05) is 0 Å². The largest absolute Gasteiger partial charge is 0.573 e. The van der Waals surface area contributed by atoms with Crippen LogP contribution in [0.1, 0.15) is 87.9 Å². The Morgan fingerprint density at radius 3 is 2.00 bits per heavy atom. The van der Waals surface area contributed by atoms with Crippen molar-refractivity contribution in [1.29, 1.82) is 0 Å². The smallest absolute Gasteiger partial charge is 0.478 e. The molecule has 1 rings (SSSR count). The van der Waals surface area contributed by atoms with Gasteiger partial charge in [-0.05, 0) is 18.6 Å². The lowest BCUT2D eigenvalue weighted by molar-refractivity contribution is -0.274. The predicted octanol–water partition coefficient (Wildman–Crippen LogP) is 6.50. The number of benzene rings is 1. The Balaban J connectivity index is 2.39. The molecule has 0 amide bonds. The number of esters is 1. The zero-order valence-corrected chi connectivity index (χ0v) is 16.7. The second-order valence-electron chi connectivity index (χ2n) is 6.92. The van der Waals surface area contributed by atoms with Crippen LogP contribution in [-0.4, -0.2) is 23.4 Å². The molecule has 0 spiro atoms. The van der Waals surface area contributed by atoms with Gasteiger partial charge >= 0.3 is 18.3 Å². The number of halogens is 3. The topological polar surface area (TPSA) is 72.8 Å². The van der Waals surface area contributed by atoms with Gasteiger partial charge in [0.2, 0.25) is 0 Å². The number of hydrogen-bond acceptors (Lipinski definition) is 4. The van der Waals surface area contributed by atoms with E-state index in [0.29, 0.717) is 6.42 Å². The van der Waals surface area contributed by atoms with Crippen LogP contribution in [0.4, 0.5) is 13.2 Å². The van der Waals surface area contributed by atoms with Gasteiger partial charge in [-0.25, -0.2) is 4.79 Å². The van der Waals surface area contributed by atoms with Crippen LogP contribution in [0.3, 0.4) is 0 Å². The Bertz CT molecular complexity index is 644. The molecule has 1 aromatic rings. The highest BCUT2D eigenvalue weighted by Gasteiger charge is 2.31. The lowest BCUT2D eigenvalue weighted by atomic mass is 10.1. The molecule has 0 saturated carbocycles. The lowest BCUT2D eigenvalue weighted by Crippen LogP contribution is -2.17. The number of rotatable bonds is 14. The summed E-state index contributed by atoms with van der Waals surface area (Å²) in [6.45, 7) is 2.18. The van der Waals surface area contributed by atoms with Crippen LogP contribution in [0.5, 0.6) is 11.5 Å². The van der Waals surface area contributed by atoms with Crippen molar-refractivity contribution in [1.82, 2.24) is 0 Å². The first-order chi connectivity index (χ1) is 13.7. The minimum atomic E-state index is -4.93. The Kier molecular flexibility index (Phi) is 11.2. The molecule has 0 fully saturated rings. The van der Waals surface area contributed by atoms with Crippen LogP contribution in [-0.2, 0) is 4.79 Å². The van der Waals surface area contributed by atoms with Crippen molar-refractivity contribution in [3.8, 4) is 11.5 Å². The summed E-state index contributed by atoms with van der Waals surface area (Å²) < 4.78 is 45.7. The van der Waals surface area contributed by atoms with Crippen LogP contribution < -0.4 is 9.47 Å². The van der Waals surface area contributed by atoms with E-state index in [2.05, 4.69) is 11.7 Å². The van der Waals surface area contributed by atoms with Gasteiger partial charge in [-0.1, -0.05) is 64.7 Å². The zero-order chi connectivity index (χ0) is 21.7. The molecule has 0 atom stereocenters. The highest BCUT2D eigenvalue weighted by atomic mass is 19.4. The molecule has 0 aliphatic carbocycles. The van der Waals surface area contributed by atoms with Crippen molar-refractivity contribution >= 4 is 11.9 Å². The summed E-state index contributed by atoms with van der Waals surface area (Å²) in [6.07, 6.45) is 6.07. The normalized spacial score (nSPS) is 11.3. The molecule has 0 aliphatic rings. The second kappa shape index (κ2) is 13.1.